The summed E-state index contributed by atoms with van der Waals surface area (Å²) >= 11 is 3.25. The molecule has 0 bridgehead atoms. The van der Waals surface area contributed by atoms with Crippen molar-refractivity contribution >= 4 is 21.9 Å². The zero-order chi connectivity index (χ0) is 13.3. The van der Waals surface area contributed by atoms with Crippen LogP contribution in [-0.2, 0) is 4.74 Å². The molecule has 2 heterocycles. The number of fused-ring (bicyclic) bond motifs is 1. The molecular formula is C10H10BrN3O4. The molecule has 2 aliphatic heterocycles. The van der Waals surface area contributed by atoms with E-state index in [1.807, 2.05) is 0 Å². The SMILES string of the molecule is CCOC(=O)c1nc2c(OC)nn(O)cc-2c1Br. The molecule has 2 rings (SSSR count). The van der Waals surface area contributed by atoms with E-state index < -0.39 is 5.97 Å². The monoisotopic (exact) mass is 315 g/mol. The van der Waals surface area contributed by atoms with Gasteiger partial charge < -0.3 is 14.7 Å². The molecule has 0 saturated heterocycles. The first-order valence-electron chi connectivity index (χ1n) is 5.07. The summed E-state index contributed by atoms with van der Waals surface area (Å²) in [5.41, 5.74) is 1.00. The van der Waals surface area contributed by atoms with E-state index in [1.54, 1.807) is 6.92 Å². The molecule has 0 radical (unpaired) electrons. The van der Waals surface area contributed by atoms with Crippen molar-refractivity contribution in [3.63, 3.8) is 0 Å². The van der Waals surface area contributed by atoms with Crippen LogP contribution in [0.15, 0.2) is 10.7 Å². The van der Waals surface area contributed by atoms with Gasteiger partial charge in [-0.05, 0) is 22.9 Å². The van der Waals surface area contributed by atoms with Crippen LogP contribution in [0.25, 0.3) is 11.3 Å². The van der Waals surface area contributed by atoms with Gasteiger partial charge in [-0.15, -0.1) is 4.85 Å². The lowest BCUT2D eigenvalue weighted by Crippen LogP contribution is -2.05. The lowest BCUT2D eigenvalue weighted by molar-refractivity contribution is 0.0519. The molecule has 0 aliphatic carbocycles. The number of esters is 1. The highest BCUT2D eigenvalue weighted by atomic mass is 79.9. The van der Waals surface area contributed by atoms with Crippen LogP contribution >= 0.6 is 15.9 Å². The molecular weight excluding hydrogens is 306 g/mol. The minimum absolute atomic E-state index is 0.117. The molecule has 2 aliphatic rings. The van der Waals surface area contributed by atoms with Crippen LogP contribution in [-0.4, -0.2) is 39.8 Å². The maximum absolute atomic E-state index is 11.7. The molecule has 0 aromatic heterocycles. The quantitative estimate of drug-likeness (QED) is 0.683. The third-order valence-corrected chi connectivity index (χ3v) is 3.03. The topological polar surface area (TPSA) is 86.5 Å². The third-order valence-electron chi connectivity index (χ3n) is 2.23. The fourth-order valence-electron chi connectivity index (χ4n) is 1.49. The summed E-state index contributed by atoms with van der Waals surface area (Å²) < 4.78 is 10.3. The van der Waals surface area contributed by atoms with Crippen LogP contribution in [0, 0.1) is 0 Å². The molecule has 0 atom stereocenters. The molecule has 0 saturated carbocycles. The zero-order valence-corrected chi connectivity index (χ0v) is 11.3. The standard InChI is InChI=1S/C10H10BrN3O4/c1-3-18-10(15)8-6(11)5-4-14(16)13-9(17-2)7(5)12-8/h4,16H,3H2,1-2H3. The molecule has 0 unspecified atom stereocenters. The van der Waals surface area contributed by atoms with Gasteiger partial charge in [-0.25, -0.2) is 9.78 Å². The van der Waals surface area contributed by atoms with Gasteiger partial charge in [0.1, 0.15) is 5.69 Å². The molecule has 1 N–H and O–H groups in total. The Morgan fingerprint density at radius 1 is 1.61 bits per heavy atom. The van der Waals surface area contributed by atoms with Gasteiger partial charge in [0.05, 0.1) is 24.4 Å². The summed E-state index contributed by atoms with van der Waals surface area (Å²) in [5.74, 6) is -0.432. The number of carbonyl (C=O) groups excluding carboxylic acids is 1. The van der Waals surface area contributed by atoms with E-state index in [9.17, 15) is 10.0 Å². The molecule has 0 fully saturated rings. The fourth-order valence-corrected chi connectivity index (χ4v) is 2.03. The first kappa shape index (κ1) is 12.6. The summed E-state index contributed by atoms with van der Waals surface area (Å²) in [5, 5.41) is 13.1. The van der Waals surface area contributed by atoms with Crippen LogP contribution in [0.1, 0.15) is 17.4 Å². The summed E-state index contributed by atoms with van der Waals surface area (Å²) in [4.78, 5) is 16.4. The van der Waals surface area contributed by atoms with Gasteiger partial charge in [-0.2, -0.15) is 0 Å². The van der Waals surface area contributed by atoms with Crippen molar-refractivity contribution in [2.24, 2.45) is 0 Å². The van der Waals surface area contributed by atoms with Crippen LogP contribution in [0.3, 0.4) is 0 Å². The Labute approximate surface area is 111 Å². The Balaban J connectivity index is 2.61. The Bertz CT molecular complexity index is 569. The Morgan fingerprint density at radius 2 is 2.33 bits per heavy atom. The van der Waals surface area contributed by atoms with Gasteiger partial charge in [0.25, 0.3) is 5.88 Å². The van der Waals surface area contributed by atoms with Crippen LogP contribution < -0.4 is 4.74 Å². The van der Waals surface area contributed by atoms with Crippen molar-refractivity contribution in [2.75, 3.05) is 13.7 Å². The smallest absolute Gasteiger partial charge is 0.358 e. The fraction of sp³-hybridized carbons (Fsp3) is 0.300. The number of carbonyl (C=O) groups is 1. The van der Waals surface area contributed by atoms with Crippen LogP contribution in [0.2, 0.25) is 0 Å². The number of ether oxygens (including phenoxy) is 2. The van der Waals surface area contributed by atoms with Crippen molar-refractivity contribution in [1.82, 2.24) is 14.9 Å². The molecule has 8 heteroatoms. The van der Waals surface area contributed by atoms with Crippen molar-refractivity contribution in [3.8, 4) is 17.1 Å². The largest absolute Gasteiger partial charge is 0.478 e. The number of halogens is 1. The Kier molecular flexibility index (Phi) is 3.37. The van der Waals surface area contributed by atoms with Gasteiger partial charge in [-0.3, -0.25) is 0 Å². The normalized spacial score (nSPS) is 10.6. The van der Waals surface area contributed by atoms with E-state index in [2.05, 4.69) is 26.0 Å². The van der Waals surface area contributed by atoms with E-state index in [0.29, 0.717) is 20.6 Å². The first-order valence-corrected chi connectivity index (χ1v) is 5.87. The van der Waals surface area contributed by atoms with Crippen LogP contribution in [0.4, 0.5) is 0 Å². The number of hydrogen-bond acceptors (Lipinski definition) is 6. The molecule has 96 valence electrons. The summed E-state index contributed by atoms with van der Waals surface area (Å²) in [6, 6.07) is 0. The maximum atomic E-state index is 11.7. The molecule has 7 nitrogen and oxygen atoms in total. The number of rotatable bonds is 3. The summed E-state index contributed by atoms with van der Waals surface area (Å²) in [7, 11) is 1.40. The van der Waals surface area contributed by atoms with Crippen molar-refractivity contribution in [2.45, 2.75) is 6.92 Å². The predicted octanol–water partition coefficient (Wildman–Crippen LogP) is 1.57. The minimum Gasteiger partial charge on any atom is -0.478 e. The highest BCUT2D eigenvalue weighted by Gasteiger charge is 2.26. The molecule has 0 spiro atoms. The highest BCUT2D eigenvalue weighted by Crippen LogP contribution is 2.37. The van der Waals surface area contributed by atoms with Crippen LogP contribution in [0.5, 0.6) is 5.88 Å². The average Bonchev–Trinajstić information content (AvgIpc) is 2.67. The average molecular weight is 316 g/mol. The molecule has 0 amide bonds. The Hall–Kier alpha value is -1.83. The van der Waals surface area contributed by atoms with E-state index in [0.717, 1.165) is 0 Å². The number of aromatic nitrogens is 3. The molecule has 18 heavy (non-hydrogen) atoms. The highest BCUT2D eigenvalue weighted by molar-refractivity contribution is 9.10. The second-order valence-corrected chi connectivity index (χ2v) is 4.11. The second kappa shape index (κ2) is 4.81. The number of methoxy groups -OCH3 is 1. The van der Waals surface area contributed by atoms with Gasteiger partial charge >= 0.3 is 5.97 Å². The second-order valence-electron chi connectivity index (χ2n) is 3.32. The molecule has 0 aromatic carbocycles. The van der Waals surface area contributed by atoms with Gasteiger partial charge in [-0.1, -0.05) is 5.10 Å². The van der Waals surface area contributed by atoms with E-state index in [4.69, 9.17) is 9.47 Å². The van der Waals surface area contributed by atoms with E-state index in [1.165, 1.54) is 13.3 Å². The predicted molar refractivity (Wildman–Crippen MR) is 64.0 cm³/mol. The number of hydrogen-bond donors (Lipinski definition) is 1. The first-order chi connectivity index (χ1) is 8.58. The van der Waals surface area contributed by atoms with Crippen molar-refractivity contribution in [3.05, 3.63) is 16.4 Å². The number of nitrogens with zero attached hydrogens (tertiary/aromatic N) is 3. The van der Waals surface area contributed by atoms with E-state index in [-0.39, 0.29) is 18.2 Å². The van der Waals surface area contributed by atoms with Gasteiger partial charge in [0.2, 0.25) is 0 Å². The Morgan fingerprint density at radius 3 is 2.94 bits per heavy atom. The van der Waals surface area contributed by atoms with E-state index >= 15 is 0 Å². The minimum atomic E-state index is -0.549. The zero-order valence-electron chi connectivity index (χ0n) is 9.68. The van der Waals surface area contributed by atoms with Gasteiger partial charge in [0.15, 0.2) is 5.69 Å². The van der Waals surface area contributed by atoms with Gasteiger partial charge in [0, 0.05) is 5.56 Å². The summed E-state index contributed by atoms with van der Waals surface area (Å²) in [6.07, 6.45) is 1.32. The van der Waals surface area contributed by atoms with Crippen molar-refractivity contribution < 1.29 is 19.5 Å². The van der Waals surface area contributed by atoms with Crippen molar-refractivity contribution in [1.29, 1.82) is 0 Å². The maximum Gasteiger partial charge on any atom is 0.358 e. The lowest BCUT2D eigenvalue weighted by atomic mass is 10.2. The molecule has 0 aromatic rings. The lowest BCUT2D eigenvalue weighted by Gasteiger charge is -2.05. The summed E-state index contributed by atoms with van der Waals surface area (Å²) in [6.45, 7) is 1.96. The third kappa shape index (κ3) is 1.99.